The fourth-order valence-corrected chi connectivity index (χ4v) is 3.46. The summed E-state index contributed by atoms with van der Waals surface area (Å²) in [6.07, 6.45) is 5.87. The zero-order chi connectivity index (χ0) is 12.8. The second kappa shape index (κ2) is 6.34. The van der Waals surface area contributed by atoms with Crippen LogP contribution in [-0.2, 0) is 20.1 Å². The van der Waals surface area contributed by atoms with E-state index in [2.05, 4.69) is 0 Å². The molecule has 0 saturated heterocycles. The number of rotatable bonds is 5. The summed E-state index contributed by atoms with van der Waals surface area (Å²) in [7, 11) is -3.43. The third kappa shape index (κ3) is 4.42. The van der Waals surface area contributed by atoms with Crippen LogP contribution in [0.5, 0.6) is 0 Å². The van der Waals surface area contributed by atoms with Crippen LogP contribution in [0.3, 0.4) is 0 Å². The first-order valence-corrected chi connectivity index (χ1v) is 8.14. The van der Waals surface area contributed by atoms with Gasteiger partial charge in [0.2, 0.25) is 0 Å². The lowest BCUT2D eigenvalue weighted by Crippen LogP contribution is -2.18. The highest BCUT2D eigenvalue weighted by Gasteiger charge is 2.18. The van der Waals surface area contributed by atoms with Gasteiger partial charge in [-0.1, -0.05) is 49.6 Å². The largest absolute Gasteiger partial charge is 0.271 e. The van der Waals surface area contributed by atoms with E-state index in [0.29, 0.717) is 12.5 Å². The Hall–Kier alpha value is -0.870. The van der Waals surface area contributed by atoms with E-state index < -0.39 is 10.1 Å². The highest BCUT2D eigenvalue weighted by Crippen LogP contribution is 2.24. The number of hydrogen-bond acceptors (Lipinski definition) is 3. The van der Waals surface area contributed by atoms with Crippen molar-refractivity contribution in [3.8, 4) is 0 Å². The zero-order valence-corrected chi connectivity index (χ0v) is 11.4. The maximum Gasteiger partial charge on any atom is 0.271 e. The fourth-order valence-electron chi connectivity index (χ4n) is 2.37. The van der Waals surface area contributed by atoms with Gasteiger partial charge in [-0.15, -0.1) is 0 Å². The topological polar surface area (TPSA) is 43.4 Å². The molecule has 0 spiro atoms. The molecule has 4 heteroatoms. The molecule has 0 heterocycles. The Balaban J connectivity index is 1.83. The highest BCUT2D eigenvalue weighted by atomic mass is 32.2. The monoisotopic (exact) mass is 268 g/mol. The summed E-state index contributed by atoms with van der Waals surface area (Å²) >= 11 is 0. The van der Waals surface area contributed by atoms with Crippen LogP contribution in [0, 0.1) is 5.92 Å². The Kier molecular flexibility index (Phi) is 4.78. The summed E-state index contributed by atoms with van der Waals surface area (Å²) in [5.41, 5.74) is 0.779. The Labute approximate surface area is 109 Å². The van der Waals surface area contributed by atoms with Crippen LogP contribution >= 0.6 is 0 Å². The lowest BCUT2D eigenvalue weighted by molar-refractivity contribution is 0.213. The summed E-state index contributed by atoms with van der Waals surface area (Å²) in [6.45, 7) is 0.356. The maximum atomic E-state index is 11.8. The molecule has 0 bridgehead atoms. The first kappa shape index (κ1) is 13.6. The molecule has 0 radical (unpaired) electrons. The predicted molar refractivity (Wildman–Crippen MR) is 71.6 cm³/mol. The van der Waals surface area contributed by atoms with Gasteiger partial charge < -0.3 is 0 Å². The molecule has 3 nitrogen and oxygen atoms in total. The van der Waals surface area contributed by atoms with Gasteiger partial charge in [-0.3, -0.25) is 4.18 Å². The van der Waals surface area contributed by atoms with Gasteiger partial charge in [0.1, 0.15) is 5.75 Å². The van der Waals surface area contributed by atoms with Crippen molar-refractivity contribution in [2.45, 2.75) is 37.9 Å². The molecule has 0 amide bonds. The van der Waals surface area contributed by atoms with E-state index in [4.69, 9.17) is 4.18 Å². The van der Waals surface area contributed by atoms with E-state index in [-0.39, 0.29) is 5.75 Å². The van der Waals surface area contributed by atoms with Crippen LogP contribution in [0.25, 0.3) is 0 Å². The van der Waals surface area contributed by atoms with E-state index in [1.54, 1.807) is 0 Å². The van der Waals surface area contributed by atoms with Gasteiger partial charge in [-0.05, 0) is 24.3 Å². The lowest BCUT2D eigenvalue weighted by atomic mass is 9.90. The molecule has 1 saturated carbocycles. The Morgan fingerprint density at radius 3 is 2.39 bits per heavy atom. The van der Waals surface area contributed by atoms with Crippen molar-refractivity contribution in [2.75, 3.05) is 6.61 Å². The van der Waals surface area contributed by atoms with Crippen LogP contribution in [0.15, 0.2) is 30.3 Å². The molecule has 1 aromatic rings. The first-order valence-electron chi connectivity index (χ1n) is 6.57. The van der Waals surface area contributed by atoms with Gasteiger partial charge in [-0.25, -0.2) is 0 Å². The molecule has 18 heavy (non-hydrogen) atoms. The van der Waals surface area contributed by atoms with Crippen molar-refractivity contribution in [3.05, 3.63) is 35.9 Å². The van der Waals surface area contributed by atoms with E-state index in [0.717, 1.165) is 18.4 Å². The average Bonchev–Trinajstić information content (AvgIpc) is 2.38. The van der Waals surface area contributed by atoms with Crippen LogP contribution in [0.2, 0.25) is 0 Å². The minimum Gasteiger partial charge on any atom is -0.270 e. The van der Waals surface area contributed by atoms with Crippen molar-refractivity contribution in [3.63, 3.8) is 0 Å². The smallest absolute Gasteiger partial charge is 0.270 e. The van der Waals surface area contributed by atoms with E-state index in [1.165, 1.54) is 19.3 Å². The summed E-state index contributed by atoms with van der Waals surface area (Å²) in [6, 6.07) is 9.17. The van der Waals surface area contributed by atoms with E-state index in [1.807, 2.05) is 30.3 Å². The predicted octanol–water partition coefficient (Wildman–Crippen LogP) is 3.11. The van der Waals surface area contributed by atoms with E-state index >= 15 is 0 Å². The summed E-state index contributed by atoms with van der Waals surface area (Å²) in [5, 5.41) is 0. The molecule has 1 aliphatic carbocycles. The SMILES string of the molecule is O=S(=O)(Cc1ccccc1)OCC1CCCCC1. The fraction of sp³-hybridized carbons (Fsp3) is 0.571. The second-order valence-electron chi connectivity index (χ2n) is 4.98. The van der Waals surface area contributed by atoms with Gasteiger partial charge in [0.05, 0.1) is 6.61 Å². The van der Waals surface area contributed by atoms with Crippen molar-refractivity contribution in [2.24, 2.45) is 5.92 Å². The first-order chi connectivity index (χ1) is 8.66. The molecule has 1 aliphatic rings. The molecule has 100 valence electrons. The number of benzene rings is 1. The third-order valence-electron chi connectivity index (χ3n) is 3.39. The van der Waals surface area contributed by atoms with Crippen molar-refractivity contribution < 1.29 is 12.6 Å². The van der Waals surface area contributed by atoms with Crippen LogP contribution in [-0.4, -0.2) is 15.0 Å². The van der Waals surface area contributed by atoms with Gasteiger partial charge in [0.25, 0.3) is 10.1 Å². The van der Waals surface area contributed by atoms with Crippen LogP contribution < -0.4 is 0 Å². The standard InChI is InChI=1S/C14H20O3S/c15-18(16,12-14-9-5-2-6-10-14)17-11-13-7-3-1-4-8-13/h2,5-6,9-10,13H,1,3-4,7-8,11-12H2. The molecule has 0 aliphatic heterocycles. The molecule has 1 fully saturated rings. The normalized spacial score (nSPS) is 17.8. The second-order valence-corrected chi connectivity index (χ2v) is 6.62. The van der Waals surface area contributed by atoms with Gasteiger partial charge in [0.15, 0.2) is 0 Å². The van der Waals surface area contributed by atoms with Gasteiger partial charge in [-0.2, -0.15) is 8.42 Å². The van der Waals surface area contributed by atoms with E-state index in [9.17, 15) is 8.42 Å². The van der Waals surface area contributed by atoms with Crippen molar-refractivity contribution >= 4 is 10.1 Å². The summed E-state index contributed by atoms with van der Waals surface area (Å²) in [5.74, 6) is 0.393. The quantitative estimate of drug-likeness (QED) is 0.771. The molecular weight excluding hydrogens is 248 g/mol. The highest BCUT2D eigenvalue weighted by molar-refractivity contribution is 7.85. The Morgan fingerprint density at radius 1 is 1.06 bits per heavy atom. The van der Waals surface area contributed by atoms with Crippen molar-refractivity contribution in [1.29, 1.82) is 0 Å². The molecule has 0 atom stereocenters. The maximum absolute atomic E-state index is 11.8. The van der Waals surface area contributed by atoms with Crippen molar-refractivity contribution in [1.82, 2.24) is 0 Å². The molecular formula is C14H20O3S. The van der Waals surface area contributed by atoms with Gasteiger partial charge >= 0.3 is 0 Å². The minimum atomic E-state index is -3.43. The zero-order valence-electron chi connectivity index (χ0n) is 10.5. The molecule has 0 N–H and O–H groups in total. The van der Waals surface area contributed by atoms with Crippen LogP contribution in [0.1, 0.15) is 37.7 Å². The molecule has 0 unspecified atom stereocenters. The summed E-state index contributed by atoms with van der Waals surface area (Å²) in [4.78, 5) is 0. The summed E-state index contributed by atoms with van der Waals surface area (Å²) < 4.78 is 28.8. The van der Waals surface area contributed by atoms with Gasteiger partial charge in [0, 0.05) is 0 Å². The molecule has 2 rings (SSSR count). The van der Waals surface area contributed by atoms with Crippen LogP contribution in [0.4, 0.5) is 0 Å². The Bertz CT molecular complexity index is 447. The number of hydrogen-bond donors (Lipinski definition) is 0. The molecule has 1 aromatic carbocycles. The molecule has 0 aromatic heterocycles. The third-order valence-corrected chi connectivity index (χ3v) is 4.58. The minimum absolute atomic E-state index is 0.0272. The average molecular weight is 268 g/mol. The Morgan fingerprint density at radius 2 is 1.72 bits per heavy atom. The lowest BCUT2D eigenvalue weighted by Gasteiger charge is -2.20.